The minimum Gasteiger partial charge on any atom is -0.373 e. The zero-order valence-electron chi connectivity index (χ0n) is 10.3. The summed E-state index contributed by atoms with van der Waals surface area (Å²) in [7, 11) is 1.85. The Bertz CT molecular complexity index is 701. The van der Waals surface area contributed by atoms with Crippen molar-refractivity contribution in [2.24, 2.45) is 0 Å². The van der Waals surface area contributed by atoms with Gasteiger partial charge in [0, 0.05) is 25.5 Å². The molecule has 3 heterocycles. The van der Waals surface area contributed by atoms with Gasteiger partial charge in [-0.05, 0) is 19.1 Å². The molecule has 5 heteroatoms. The summed E-state index contributed by atoms with van der Waals surface area (Å²) < 4.78 is 2.02. The Hall–Kier alpha value is -2.43. The smallest absolute Gasteiger partial charge is 0.137 e. The Morgan fingerprint density at radius 3 is 2.94 bits per heavy atom. The molecule has 0 radical (unpaired) electrons. The summed E-state index contributed by atoms with van der Waals surface area (Å²) in [4.78, 5) is 13.1. The van der Waals surface area contributed by atoms with Gasteiger partial charge in [-0.1, -0.05) is 6.07 Å². The predicted molar refractivity (Wildman–Crippen MR) is 70.5 cm³/mol. The van der Waals surface area contributed by atoms with Crippen LogP contribution in [0.3, 0.4) is 0 Å². The molecule has 0 aliphatic carbocycles. The number of nitrogens with zero attached hydrogens (tertiary/aromatic N) is 4. The van der Waals surface area contributed by atoms with E-state index in [1.807, 2.05) is 48.8 Å². The van der Waals surface area contributed by atoms with Crippen molar-refractivity contribution in [1.82, 2.24) is 19.4 Å². The van der Waals surface area contributed by atoms with Crippen molar-refractivity contribution in [3.05, 3.63) is 42.5 Å². The molecule has 1 N–H and O–H groups in total. The van der Waals surface area contributed by atoms with E-state index in [0.717, 1.165) is 28.7 Å². The summed E-state index contributed by atoms with van der Waals surface area (Å²) >= 11 is 0. The van der Waals surface area contributed by atoms with E-state index >= 15 is 0 Å². The van der Waals surface area contributed by atoms with Crippen LogP contribution in [0.4, 0.5) is 5.82 Å². The quantitative estimate of drug-likeness (QED) is 0.744. The van der Waals surface area contributed by atoms with Gasteiger partial charge in [0.15, 0.2) is 0 Å². The van der Waals surface area contributed by atoms with E-state index < -0.39 is 0 Å². The van der Waals surface area contributed by atoms with Gasteiger partial charge in [0.2, 0.25) is 0 Å². The summed E-state index contributed by atoms with van der Waals surface area (Å²) in [5, 5.41) is 3.04. The lowest BCUT2D eigenvalue weighted by Crippen LogP contribution is -2.00. The van der Waals surface area contributed by atoms with Gasteiger partial charge in [-0.3, -0.25) is 4.40 Å². The largest absolute Gasteiger partial charge is 0.373 e. The highest BCUT2D eigenvalue weighted by Gasteiger charge is 2.07. The number of hydrogen-bond donors (Lipinski definition) is 1. The third-order valence-electron chi connectivity index (χ3n) is 2.78. The highest BCUT2D eigenvalue weighted by molar-refractivity contribution is 5.62. The molecule has 90 valence electrons. The number of aromatic nitrogens is 4. The minimum absolute atomic E-state index is 0.744. The molecule has 0 aromatic carbocycles. The highest BCUT2D eigenvalue weighted by atomic mass is 15.0. The Balaban J connectivity index is 2.25. The summed E-state index contributed by atoms with van der Waals surface area (Å²) in [5.41, 5.74) is 2.80. The van der Waals surface area contributed by atoms with E-state index in [1.165, 1.54) is 0 Å². The monoisotopic (exact) mass is 239 g/mol. The molecule has 18 heavy (non-hydrogen) atoms. The lowest BCUT2D eigenvalue weighted by molar-refractivity contribution is 1.04. The normalized spacial score (nSPS) is 10.8. The fourth-order valence-corrected chi connectivity index (χ4v) is 1.98. The van der Waals surface area contributed by atoms with Crippen LogP contribution < -0.4 is 5.32 Å². The van der Waals surface area contributed by atoms with Gasteiger partial charge in [0.25, 0.3) is 0 Å². The van der Waals surface area contributed by atoms with E-state index in [-0.39, 0.29) is 0 Å². The number of hydrogen-bond acceptors (Lipinski definition) is 4. The van der Waals surface area contributed by atoms with E-state index in [9.17, 15) is 0 Å². The van der Waals surface area contributed by atoms with Crippen molar-refractivity contribution < 1.29 is 0 Å². The first-order chi connectivity index (χ1) is 8.78. The van der Waals surface area contributed by atoms with Crippen LogP contribution in [0.25, 0.3) is 17.0 Å². The first-order valence-electron chi connectivity index (χ1n) is 5.74. The molecule has 5 nitrogen and oxygen atoms in total. The number of pyridine rings is 1. The van der Waals surface area contributed by atoms with Crippen molar-refractivity contribution in [3.63, 3.8) is 0 Å². The molecular formula is C13H13N5. The summed E-state index contributed by atoms with van der Waals surface area (Å²) in [6.07, 6.45) is 3.72. The van der Waals surface area contributed by atoms with Crippen molar-refractivity contribution >= 4 is 11.5 Å². The van der Waals surface area contributed by atoms with E-state index in [4.69, 9.17) is 0 Å². The number of nitrogens with one attached hydrogen (secondary N) is 1. The van der Waals surface area contributed by atoms with Crippen molar-refractivity contribution in [3.8, 4) is 11.4 Å². The maximum absolute atomic E-state index is 4.48. The van der Waals surface area contributed by atoms with Crippen LogP contribution in [-0.2, 0) is 0 Å². The molecule has 0 spiro atoms. The number of aryl methyl sites for hydroxylation is 1. The molecule has 0 atom stereocenters. The molecule has 3 rings (SSSR count). The zero-order valence-corrected chi connectivity index (χ0v) is 10.3. The Morgan fingerprint density at radius 1 is 1.22 bits per heavy atom. The topological polar surface area (TPSA) is 55.1 Å². The van der Waals surface area contributed by atoms with Gasteiger partial charge in [-0.15, -0.1) is 0 Å². The molecule has 0 saturated carbocycles. The number of anilines is 1. The Labute approximate surface area is 105 Å². The third-order valence-corrected chi connectivity index (χ3v) is 2.78. The molecule has 3 aromatic heterocycles. The second-order valence-corrected chi connectivity index (χ2v) is 4.00. The average Bonchev–Trinajstić information content (AvgIpc) is 2.85. The predicted octanol–water partition coefficient (Wildman–Crippen LogP) is 2.14. The van der Waals surface area contributed by atoms with Crippen molar-refractivity contribution in [1.29, 1.82) is 0 Å². The van der Waals surface area contributed by atoms with E-state index in [2.05, 4.69) is 20.3 Å². The average molecular weight is 239 g/mol. The Kier molecular flexibility index (Phi) is 2.44. The number of imidazole rings is 1. The summed E-state index contributed by atoms with van der Waals surface area (Å²) in [6.45, 7) is 1.89. The van der Waals surface area contributed by atoms with Gasteiger partial charge >= 0.3 is 0 Å². The number of fused-ring (bicyclic) bond motifs is 1. The summed E-state index contributed by atoms with van der Waals surface area (Å²) in [5.74, 6) is 1.56. The molecule has 0 saturated heterocycles. The zero-order chi connectivity index (χ0) is 12.5. The van der Waals surface area contributed by atoms with Crippen LogP contribution in [0.2, 0.25) is 0 Å². The van der Waals surface area contributed by atoms with Crippen LogP contribution in [0, 0.1) is 6.92 Å². The fraction of sp³-hybridized carbons (Fsp3) is 0.154. The van der Waals surface area contributed by atoms with Gasteiger partial charge in [-0.25, -0.2) is 15.0 Å². The molecule has 0 unspecified atom stereocenters. The van der Waals surface area contributed by atoms with Gasteiger partial charge in [0.05, 0.1) is 11.4 Å². The van der Waals surface area contributed by atoms with E-state index in [0.29, 0.717) is 0 Å². The molecule has 3 aromatic rings. The highest BCUT2D eigenvalue weighted by Crippen LogP contribution is 2.20. The summed E-state index contributed by atoms with van der Waals surface area (Å²) in [6, 6.07) is 7.91. The van der Waals surface area contributed by atoms with Crippen LogP contribution >= 0.6 is 0 Å². The standard InChI is InChI=1S/C13H13N5/c1-9-16-10(8-12(14-2)17-9)11-4-3-5-13-15-6-7-18(11)13/h3-8H,1-2H3,(H,14,16,17). The third kappa shape index (κ3) is 1.69. The lowest BCUT2D eigenvalue weighted by atomic mass is 10.2. The fourth-order valence-electron chi connectivity index (χ4n) is 1.98. The molecular weight excluding hydrogens is 226 g/mol. The Morgan fingerprint density at radius 2 is 2.11 bits per heavy atom. The SMILES string of the molecule is CNc1cc(-c2cccc3nccn23)nc(C)n1. The molecule has 0 aliphatic heterocycles. The van der Waals surface area contributed by atoms with Crippen molar-refractivity contribution in [2.45, 2.75) is 6.92 Å². The maximum atomic E-state index is 4.48. The minimum atomic E-state index is 0.744. The van der Waals surface area contributed by atoms with Crippen molar-refractivity contribution in [2.75, 3.05) is 12.4 Å². The second kappa shape index (κ2) is 4.10. The van der Waals surface area contributed by atoms with Gasteiger partial charge < -0.3 is 5.32 Å². The number of rotatable bonds is 2. The lowest BCUT2D eigenvalue weighted by Gasteiger charge is -2.07. The van der Waals surface area contributed by atoms with Gasteiger partial charge in [-0.2, -0.15) is 0 Å². The molecule has 0 aliphatic rings. The molecule has 0 amide bonds. The molecule has 0 bridgehead atoms. The van der Waals surface area contributed by atoms with Crippen LogP contribution in [-0.4, -0.2) is 26.4 Å². The van der Waals surface area contributed by atoms with Gasteiger partial charge in [0.1, 0.15) is 17.3 Å². The second-order valence-electron chi connectivity index (χ2n) is 4.00. The van der Waals surface area contributed by atoms with Crippen LogP contribution in [0.15, 0.2) is 36.7 Å². The van der Waals surface area contributed by atoms with Crippen LogP contribution in [0.5, 0.6) is 0 Å². The van der Waals surface area contributed by atoms with E-state index in [1.54, 1.807) is 6.20 Å². The maximum Gasteiger partial charge on any atom is 0.137 e. The molecule has 0 fully saturated rings. The first-order valence-corrected chi connectivity index (χ1v) is 5.74. The van der Waals surface area contributed by atoms with Crippen LogP contribution in [0.1, 0.15) is 5.82 Å². The first kappa shape index (κ1) is 10.7.